The van der Waals surface area contributed by atoms with E-state index in [1.807, 2.05) is 25.3 Å². The van der Waals surface area contributed by atoms with Crippen LogP contribution in [0.15, 0.2) is 30.7 Å². The maximum atomic E-state index is 5.72. The summed E-state index contributed by atoms with van der Waals surface area (Å²) in [5, 5.41) is 0. The molecule has 0 bridgehead atoms. The molecule has 110 valence electrons. The van der Waals surface area contributed by atoms with Gasteiger partial charge in [-0.15, -0.1) is 0 Å². The van der Waals surface area contributed by atoms with Crippen LogP contribution in [0, 0.1) is 12.8 Å². The largest absolute Gasteiger partial charge is 0.379 e. The predicted octanol–water partition coefficient (Wildman–Crippen LogP) is 1.27. The maximum Gasteiger partial charge on any atom is 0.225 e. The molecule has 3 rings (SSSR count). The third kappa shape index (κ3) is 3.72. The topological polar surface area (TPSA) is 64.0 Å². The quantitative estimate of drug-likeness (QED) is 0.846. The fourth-order valence-corrected chi connectivity index (χ4v) is 2.55. The van der Waals surface area contributed by atoms with Crippen molar-refractivity contribution in [2.45, 2.75) is 13.3 Å². The number of ether oxygens (including phenoxy) is 1. The van der Waals surface area contributed by atoms with Gasteiger partial charge in [-0.1, -0.05) is 0 Å². The second kappa shape index (κ2) is 6.58. The monoisotopic (exact) mass is 285 g/mol. The number of rotatable bonds is 3. The number of anilines is 1. The Morgan fingerprint density at radius 2 is 2.10 bits per heavy atom. The maximum absolute atomic E-state index is 5.72. The van der Waals surface area contributed by atoms with E-state index in [9.17, 15) is 0 Å². The Hall–Kier alpha value is -2.08. The van der Waals surface area contributed by atoms with Gasteiger partial charge in [0.1, 0.15) is 5.82 Å². The molecule has 2 aromatic heterocycles. The summed E-state index contributed by atoms with van der Waals surface area (Å²) >= 11 is 0. The average molecular weight is 285 g/mol. The molecule has 0 radical (unpaired) electrons. The van der Waals surface area contributed by atoms with E-state index in [0.29, 0.717) is 12.5 Å². The van der Waals surface area contributed by atoms with Gasteiger partial charge in [0.15, 0.2) is 0 Å². The van der Waals surface area contributed by atoms with Gasteiger partial charge >= 0.3 is 0 Å². The Bertz CT molecular complexity index is 577. The first-order chi connectivity index (χ1) is 10.3. The standard InChI is InChI=1S/C15H19N5O/c1-12-16-6-3-14(19-12)9-13-10-20(7-8-21-11-13)15-17-4-2-5-18-15/h2-6,13H,7-11H2,1H3. The molecule has 0 spiro atoms. The molecule has 0 saturated carbocycles. The Kier molecular flexibility index (Phi) is 4.35. The molecular formula is C15H19N5O. The van der Waals surface area contributed by atoms with Crippen LogP contribution in [0.5, 0.6) is 0 Å². The SMILES string of the molecule is Cc1nccc(CC2COCCN(c3ncccn3)C2)n1. The van der Waals surface area contributed by atoms with Crippen molar-refractivity contribution in [2.24, 2.45) is 5.92 Å². The first kappa shape index (κ1) is 13.9. The fourth-order valence-electron chi connectivity index (χ4n) is 2.55. The van der Waals surface area contributed by atoms with Crippen molar-refractivity contribution in [2.75, 3.05) is 31.2 Å². The van der Waals surface area contributed by atoms with Crippen LogP contribution in [0.1, 0.15) is 11.5 Å². The minimum Gasteiger partial charge on any atom is -0.379 e. The molecule has 21 heavy (non-hydrogen) atoms. The van der Waals surface area contributed by atoms with Crippen molar-refractivity contribution in [1.29, 1.82) is 0 Å². The third-order valence-electron chi connectivity index (χ3n) is 3.50. The molecule has 0 N–H and O–H groups in total. The minimum atomic E-state index is 0.380. The van der Waals surface area contributed by atoms with Gasteiger partial charge in [-0.25, -0.2) is 19.9 Å². The van der Waals surface area contributed by atoms with Gasteiger partial charge in [-0.3, -0.25) is 0 Å². The molecule has 6 nitrogen and oxygen atoms in total. The van der Waals surface area contributed by atoms with E-state index in [1.54, 1.807) is 12.4 Å². The van der Waals surface area contributed by atoms with Gasteiger partial charge in [0, 0.05) is 43.3 Å². The first-order valence-corrected chi connectivity index (χ1v) is 7.19. The van der Waals surface area contributed by atoms with Gasteiger partial charge in [-0.2, -0.15) is 0 Å². The molecule has 1 atom stereocenters. The lowest BCUT2D eigenvalue weighted by atomic mass is 10.0. The van der Waals surface area contributed by atoms with E-state index in [2.05, 4.69) is 24.8 Å². The van der Waals surface area contributed by atoms with E-state index in [-0.39, 0.29) is 0 Å². The van der Waals surface area contributed by atoms with Crippen LogP contribution in [0.2, 0.25) is 0 Å². The summed E-state index contributed by atoms with van der Waals surface area (Å²) in [6, 6.07) is 3.81. The second-order valence-corrected chi connectivity index (χ2v) is 5.24. The summed E-state index contributed by atoms with van der Waals surface area (Å²) in [5.74, 6) is 1.96. The van der Waals surface area contributed by atoms with Gasteiger partial charge in [-0.05, 0) is 25.5 Å². The van der Waals surface area contributed by atoms with Gasteiger partial charge in [0.05, 0.1) is 13.2 Å². The van der Waals surface area contributed by atoms with Crippen molar-refractivity contribution in [3.63, 3.8) is 0 Å². The molecular weight excluding hydrogens is 266 g/mol. The van der Waals surface area contributed by atoms with Gasteiger partial charge < -0.3 is 9.64 Å². The number of hydrogen-bond donors (Lipinski definition) is 0. The zero-order chi connectivity index (χ0) is 14.5. The molecule has 6 heteroatoms. The Morgan fingerprint density at radius 1 is 1.24 bits per heavy atom. The lowest BCUT2D eigenvalue weighted by molar-refractivity contribution is 0.123. The van der Waals surface area contributed by atoms with E-state index in [1.165, 1.54) is 0 Å². The van der Waals surface area contributed by atoms with Crippen molar-refractivity contribution in [3.05, 3.63) is 42.2 Å². The van der Waals surface area contributed by atoms with Crippen LogP contribution in [0.3, 0.4) is 0 Å². The zero-order valence-corrected chi connectivity index (χ0v) is 12.1. The number of hydrogen-bond acceptors (Lipinski definition) is 6. The molecule has 2 aromatic rings. The normalized spacial score (nSPS) is 19.3. The van der Waals surface area contributed by atoms with Crippen molar-refractivity contribution < 1.29 is 4.74 Å². The fraction of sp³-hybridized carbons (Fsp3) is 0.467. The highest BCUT2D eigenvalue weighted by atomic mass is 16.5. The molecule has 1 saturated heterocycles. The second-order valence-electron chi connectivity index (χ2n) is 5.24. The highest BCUT2D eigenvalue weighted by molar-refractivity contribution is 5.28. The summed E-state index contributed by atoms with van der Waals surface area (Å²) in [5.41, 5.74) is 1.06. The van der Waals surface area contributed by atoms with Gasteiger partial charge in [0.2, 0.25) is 5.95 Å². The molecule has 0 aromatic carbocycles. The molecule has 1 aliphatic rings. The number of aryl methyl sites for hydroxylation is 1. The zero-order valence-electron chi connectivity index (χ0n) is 12.1. The van der Waals surface area contributed by atoms with Crippen LogP contribution in [0.25, 0.3) is 0 Å². The predicted molar refractivity (Wildman–Crippen MR) is 79.0 cm³/mol. The lowest BCUT2D eigenvalue weighted by Gasteiger charge is -2.23. The molecule has 1 fully saturated rings. The smallest absolute Gasteiger partial charge is 0.225 e. The Balaban J connectivity index is 1.70. The highest BCUT2D eigenvalue weighted by Crippen LogP contribution is 2.16. The van der Waals surface area contributed by atoms with Gasteiger partial charge in [0.25, 0.3) is 0 Å². The van der Waals surface area contributed by atoms with E-state index >= 15 is 0 Å². The molecule has 1 aliphatic heterocycles. The van der Waals surface area contributed by atoms with Crippen LogP contribution in [-0.2, 0) is 11.2 Å². The number of nitrogens with zero attached hydrogens (tertiary/aromatic N) is 5. The summed E-state index contributed by atoms with van der Waals surface area (Å²) in [4.78, 5) is 19.5. The minimum absolute atomic E-state index is 0.380. The van der Waals surface area contributed by atoms with E-state index < -0.39 is 0 Å². The van der Waals surface area contributed by atoms with Crippen LogP contribution in [-0.4, -0.2) is 46.2 Å². The van der Waals surface area contributed by atoms with Crippen molar-refractivity contribution >= 4 is 5.95 Å². The van der Waals surface area contributed by atoms with E-state index in [0.717, 1.165) is 43.6 Å². The Morgan fingerprint density at radius 3 is 2.90 bits per heavy atom. The van der Waals surface area contributed by atoms with Crippen LogP contribution < -0.4 is 4.90 Å². The van der Waals surface area contributed by atoms with Crippen LogP contribution >= 0.6 is 0 Å². The van der Waals surface area contributed by atoms with Crippen LogP contribution in [0.4, 0.5) is 5.95 Å². The highest BCUT2D eigenvalue weighted by Gasteiger charge is 2.21. The summed E-state index contributed by atoms with van der Waals surface area (Å²) in [6.07, 6.45) is 6.24. The average Bonchev–Trinajstić information content (AvgIpc) is 2.74. The summed E-state index contributed by atoms with van der Waals surface area (Å²) < 4.78 is 5.72. The van der Waals surface area contributed by atoms with Crippen molar-refractivity contribution in [3.8, 4) is 0 Å². The Labute approximate surface area is 124 Å². The third-order valence-corrected chi connectivity index (χ3v) is 3.50. The molecule has 0 aliphatic carbocycles. The first-order valence-electron chi connectivity index (χ1n) is 7.19. The summed E-state index contributed by atoms with van der Waals surface area (Å²) in [7, 11) is 0. The van der Waals surface area contributed by atoms with Crippen molar-refractivity contribution in [1.82, 2.24) is 19.9 Å². The molecule has 1 unspecified atom stereocenters. The van der Waals surface area contributed by atoms with E-state index in [4.69, 9.17) is 4.74 Å². The lowest BCUT2D eigenvalue weighted by Crippen LogP contribution is -2.32. The molecule has 3 heterocycles. The summed E-state index contributed by atoms with van der Waals surface area (Å²) in [6.45, 7) is 5.07. The number of aromatic nitrogens is 4. The molecule has 0 amide bonds.